The predicted molar refractivity (Wildman–Crippen MR) is 80.5 cm³/mol. The van der Waals surface area contributed by atoms with Gasteiger partial charge in [-0.2, -0.15) is 0 Å². The molecule has 0 spiro atoms. The first kappa shape index (κ1) is 18.7. The van der Waals surface area contributed by atoms with Crippen LogP contribution >= 0.6 is 0 Å². The predicted octanol–water partition coefficient (Wildman–Crippen LogP) is 2.57. The van der Waals surface area contributed by atoms with E-state index in [1.165, 1.54) is 0 Å². The van der Waals surface area contributed by atoms with E-state index in [0.29, 0.717) is 24.3 Å². The molecule has 0 aromatic rings. The number of carbonyl (C=O) groups is 2. The molecule has 5 nitrogen and oxygen atoms in total. The van der Waals surface area contributed by atoms with E-state index >= 15 is 0 Å². The lowest BCUT2D eigenvalue weighted by atomic mass is 9.85. The van der Waals surface area contributed by atoms with Gasteiger partial charge in [0.15, 0.2) is 0 Å². The maximum atomic E-state index is 11.7. The first-order valence-corrected chi connectivity index (χ1v) is 7.41. The van der Waals surface area contributed by atoms with Crippen LogP contribution in [0, 0.1) is 29.6 Å². The van der Waals surface area contributed by atoms with Gasteiger partial charge in [-0.25, -0.2) is 4.79 Å². The minimum atomic E-state index is -0.873. The summed E-state index contributed by atoms with van der Waals surface area (Å²) in [6.07, 6.45) is 0. The summed E-state index contributed by atoms with van der Waals surface area (Å²) in [5.74, 6) is -0.0160. The number of carbonyl (C=O) groups excluding carboxylic acids is 1. The number of hydrogen-bond donors (Lipinski definition) is 3. The van der Waals surface area contributed by atoms with Gasteiger partial charge >= 0.3 is 12.0 Å². The molecule has 0 aliphatic heterocycles. The Morgan fingerprint density at radius 1 is 0.850 bits per heavy atom. The fourth-order valence-electron chi connectivity index (χ4n) is 2.33. The van der Waals surface area contributed by atoms with Gasteiger partial charge in [-0.15, -0.1) is 0 Å². The largest absolute Gasteiger partial charge is 0.481 e. The lowest BCUT2D eigenvalue weighted by Gasteiger charge is -2.25. The molecule has 1 unspecified atom stereocenters. The van der Waals surface area contributed by atoms with Crippen LogP contribution in [0.15, 0.2) is 0 Å². The smallest absolute Gasteiger partial charge is 0.314 e. The van der Waals surface area contributed by atoms with Crippen molar-refractivity contribution in [3.63, 3.8) is 0 Å². The molecule has 20 heavy (non-hydrogen) atoms. The highest BCUT2D eigenvalue weighted by Gasteiger charge is 2.22. The van der Waals surface area contributed by atoms with Crippen LogP contribution in [0.5, 0.6) is 0 Å². The van der Waals surface area contributed by atoms with E-state index in [1.54, 1.807) is 0 Å². The standard InChI is InChI=1S/C15H30N2O3/c1-9(2)12(10(3)4)7-16-15(20)17-8-13(11(5)6)14(18)19/h9-13H,7-8H2,1-6H3,(H,18,19)(H2,16,17,20). The van der Waals surface area contributed by atoms with Crippen molar-refractivity contribution in [2.45, 2.75) is 41.5 Å². The Hall–Kier alpha value is -1.26. The van der Waals surface area contributed by atoms with Crippen molar-refractivity contribution in [2.75, 3.05) is 13.1 Å². The first-order chi connectivity index (χ1) is 9.16. The van der Waals surface area contributed by atoms with Crippen LogP contribution in [-0.2, 0) is 4.79 Å². The molecule has 3 N–H and O–H groups in total. The Bertz CT molecular complexity index is 306. The highest BCUT2D eigenvalue weighted by molar-refractivity contribution is 5.75. The Labute approximate surface area is 122 Å². The molecule has 0 saturated carbocycles. The third-order valence-electron chi connectivity index (χ3n) is 3.82. The van der Waals surface area contributed by atoms with Crippen molar-refractivity contribution < 1.29 is 14.7 Å². The minimum absolute atomic E-state index is 0.00752. The van der Waals surface area contributed by atoms with Gasteiger partial charge in [0.25, 0.3) is 0 Å². The van der Waals surface area contributed by atoms with Crippen LogP contribution in [0.2, 0.25) is 0 Å². The second-order valence-electron chi connectivity index (χ2n) is 6.43. The summed E-state index contributed by atoms with van der Waals surface area (Å²) in [7, 11) is 0. The Morgan fingerprint density at radius 2 is 1.30 bits per heavy atom. The van der Waals surface area contributed by atoms with E-state index in [-0.39, 0.29) is 18.5 Å². The molecule has 0 aromatic heterocycles. The van der Waals surface area contributed by atoms with Gasteiger partial charge in [0.05, 0.1) is 5.92 Å². The Balaban J connectivity index is 4.20. The fraction of sp³-hybridized carbons (Fsp3) is 0.867. The van der Waals surface area contributed by atoms with Crippen LogP contribution in [0.25, 0.3) is 0 Å². The summed E-state index contributed by atoms with van der Waals surface area (Å²) in [6.45, 7) is 13.0. The summed E-state index contributed by atoms with van der Waals surface area (Å²) in [5.41, 5.74) is 0. The number of amides is 2. The molecule has 0 heterocycles. The van der Waals surface area contributed by atoms with Gasteiger partial charge in [0.2, 0.25) is 0 Å². The van der Waals surface area contributed by atoms with Crippen molar-refractivity contribution in [3.05, 3.63) is 0 Å². The third kappa shape index (κ3) is 6.78. The van der Waals surface area contributed by atoms with E-state index in [9.17, 15) is 9.59 Å². The Morgan fingerprint density at radius 3 is 1.65 bits per heavy atom. The molecule has 0 radical (unpaired) electrons. The zero-order valence-electron chi connectivity index (χ0n) is 13.6. The molecule has 0 bridgehead atoms. The second kappa shape index (κ2) is 8.82. The monoisotopic (exact) mass is 286 g/mol. The molecular formula is C15H30N2O3. The van der Waals surface area contributed by atoms with Crippen LogP contribution in [0.3, 0.4) is 0 Å². The van der Waals surface area contributed by atoms with Crippen molar-refractivity contribution in [1.82, 2.24) is 10.6 Å². The summed E-state index contributed by atoms with van der Waals surface area (Å²) in [6, 6.07) is -0.289. The Kier molecular flexibility index (Phi) is 8.26. The summed E-state index contributed by atoms with van der Waals surface area (Å²) in [4.78, 5) is 22.8. The average Bonchev–Trinajstić information content (AvgIpc) is 2.27. The third-order valence-corrected chi connectivity index (χ3v) is 3.82. The van der Waals surface area contributed by atoms with Crippen LogP contribution in [0.4, 0.5) is 4.79 Å². The number of rotatable bonds is 8. The summed E-state index contributed by atoms with van der Waals surface area (Å²) in [5, 5.41) is 14.5. The molecule has 5 heteroatoms. The topological polar surface area (TPSA) is 78.4 Å². The number of carboxylic acid groups (broad SMARTS) is 1. The molecule has 118 valence electrons. The van der Waals surface area contributed by atoms with Gasteiger partial charge in [0, 0.05) is 13.1 Å². The van der Waals surface area contributed by atoms with Crippen molar-refractivity contribution >= 4 is 12.0 Å². The molecular weight excluding hydrogens is 256 g/mol. The molecule has 0 aliphatic carbocycles. The molecule has 0 aromatic carbocycles. The molecule has 0 rings (SSSR count). The molecule has 0 aliphatic rings. The first-order valence-electron chi connectivity index (χ1n) is 7.41. The summed E-state index contributed by atoms with van der Waals surface area (Å²) < 4.78 is 0. The molecule has 1 atom stereocenters. The molecule has 2 amide bonds. The minimum Gasteiger partial charge on any atom is -0.481 e. The normalized spacial score (nSPS) is 13.1. The number of hydrogen-bond acceptors (Lipinski definition) is 2. The lowest BCUT2D eigenvalue weighted by Crippen LogP contribution is -2.43. The van der Waals surface area contributed by atoms with E-state index in [1.807, 2.05) is 13.8 Å². The SMILES string of the molecule is CC(C)C(CNC(=O)NCC(C(C)C)C(C)C)C(=O)O. The maximum Gasteiger partial charge on any atom is 0.314 e. The second-order valence-corrected chi connectivity index (χ2v) is 6.43. The van der Waals surface area contributed by atoms with Crippen LogP contribution in [-0.4, -0.2) is 30.2 Å². The van der Waals surface area contributed by atoms with E-state index in [2.05, 4.69) is 38.3 Å². The van der Waals surface area contributed by atoms with E-state index in [0.717, 1.165) is 0 Å². The number of urea groups is 1. The van der Waals surface area contributed by atoms with Crippen molar-refractivity contribution in [3.8, 4) is 0 Å². The van der Waals surface area contributed by atoms with E-state index < -0.39 is 11.9 Å². The number of aliphatic carboxylic acids is 1. The van der Waals surface area contributed by atoms with Gasteiger partial charge < -0.3 is 15.7 Å². The van der Waals surface area contributed by atoms with Crippen molar-refractivity contribution in [2.24, 2.45) is 29.6 Å². The van der Waals surface area contributed by atoms with Crippen LogP contribution in [0.1, 0.15) is 41.5 Å². The van der Waals surface area contributed by atoms with Gasteiger partial charge in [-0.05, 0) is 23.7 Å². The fourth-order valence-corrected chi connectivity index (χ4v) is 2.33. The zero-order valence-corrected chi connectivity index (χ0v) is 13.6. The van der Waals surface area contributed by atoms with Gasteiger partial charge in [0.1, 0.15) is 0 Å². The van der Waals surface area contributed by atoms with Crippen LogP contribution < -0.4 is 10.6 Å². The molecule has 0 saturated heterocycles. The van der Waals surface area contributed by atoms with E-state index in [4.69, 9.17) is 5.11 Å². The highest BCUT2D eigenvalue weighted by atomic mass is 16.4. The average molecular weight is 286 g/mol. The highest BCUT2D eigenvalue weighted by Crippen LogP contribution is 2.19. The number of carboxylic acids is 1. The number of nitrogens with one attached hydrogen (secondary N) is 2. The van der Waals surface area contributed by atoms with Gasteiger partial charge in [-0.1, -0.05) is 41.5 Å². The zero-order chi connectivity index (χ0) is 15.9. The molecule has 0 fully saturated rings. The maximum absolute atomic E-state index is 11.7. The van der Waals surface area contributed by atoms with Gasteiger partial charge in [-0.3, -0.25) is 4.79 Å². The lowest BCUT2D eigenvalue weighted by molar-refractivity contribution is -0.142. The quantitative estimate of drug-likeness (QED) is 0.641. The summed E-state index contributed by atoms with van der Waals surface area (Å²) >= 11 is 0. The van der Waals surface area contributed by atoms with Crippen molar-refractivity contribution in [1.29, 1.82) is 0 Å².